The van der Waals surface area contributed by atoms with Crippen LogP contribution < -0.4 is 42.4 Å². The van der Waals surface area contributed by atoms with Gasteiger partial charge in [-0.05, 0) is 62.4 Å². The fourth-order valence-corrected chi connectivity index (χ4v) is 8.56. The SMILES string of the molecule is CCCCC[SiH](C1=[C-]CC=C1CCC)c1c(C)c(C)c(C)c(C)c1C.[Cl-].[Cl-].[Cl-].[Ti+4]. The summed E-state index contributed by atoms with van der Waals surface area (Å²) in [5, 5.41) is 3.40. The number of allylic oxidation sites excluding steroid dienone is 4. The molecular weight excluding hydrogens is 471 g/mol. The van der Waals surface area contributed by atoms with Crippen LogP contribution in [-0.2, 0) is 21.7 Å². The molecule has 0 fully saturated rings. The van der Waals surface area contributed by atoms with Crippen molar-refractivity contribution in [1.29, 1.82) is 0 Å². The molecule has 0 N–H and O–H groups in total. The van der Waals surface area contributed by atoms with Crippen molar-refractivity contribution in [3.8, 4) is 0 Å². The Labute approximate surface area is 215 Å². The molecule has 0 amide bonds. The van der Waals surface area contributed by atoms with E-state index in [1.807, 2.05) is 0 Å². The van der Waals surface area contributed by atoms with Crippen LogP contribution in [-0.4, -0.2) is 8.80 Å². The molecular formula is C24H37Cl3SiTi. The largest absolute Gasteiger partial charge is 4.00 e. The Bertz CT molecular complexity index is 667. The van der Waals surface area contributed by atoms with E-state index in [0.717, 1.165) is 6.42 Å². The first-order valence-corrected chi connectivity index (χ1v) is 12.3. The molecule has 29 heavy (non-hydrogen) atoms. The summed E-state index contributed by atoms with van der Waals surface area (Å²) in [7, 11) is -1.18. The van der Waals surface area contributed by atoms with Crippen LogP contribution in [0.3, 0.4) is 0 Å². The maximum absolute atomic E-state index is 3.81. The Morgan fingerprint density at radius 1 is 0.793 bits per heavy atom. The van der Waals surface area contributed by atoms with Crippen molar-refractivity contribution in [3.05, 3.63) is 50.7 Å². The number of benzene rings is 1. The number of unbranched alkanes of at least 4 members (excludes halogenated alkanes) is 2. The van der Waals surface area contributed by atoms with Crippen LogP contribution in [0.2, 0.25) is 6.04 Å². The maximum atomic E-state index is 3.81. The molecule has 1 aromatic rings. The Hall–Kier alpha value is 0.501. The van der Waals surface area contributed by atoms with Gasteiger partial charge in [-0.15, -0.1) is 6.42 Å². The summed E-state index contributed by atoms with van der Waals surface area (Å²) in [5.41, 5.74) is 9.31. The molecule has 1 aromatic carbocycles. The maximum Gasteiger partial charge on any atom is 4.00 e. The molecule has 0 aromatic heterocycles. The van der Waals surface area contributed by atoms with Gasteiger partial charge in [-0.25, -0.2) is 10.8 Å². The molecule has 0 radical (unpaired) electrons. The molecule has 0 saturated heterocycles. The third kappa shape index (κ3) is 7.85. The van der Waals surface area contributed by atoms with E-state index < -0.39 is 8.80 Å². The average Bonchev–Trinajstić information content (AvgIpc) is 3.05. The van der Waals surface area contributed by atoms with Gasteiger partial charge in [-0.3, -0.25) is 6.08 Å². The van der Waals surface area contributed by atoms with Crippen LogP contribution in [0, 0.1) is 40.7 Å². The third-order valence-electron chi connectivity index (χ3n) is 6.36. The minimum atomic E-state index is -1.18. The molecule has 0 aliphatic heterocycles. The summed E-state index contributed by atoms with van der Waals surface area (Å²) in [6, 6.07) is 1.40. The zero-order valence-corrected chi connectivity index (χ0v) is 24.2. The molecule has 0 heterocycles. The van der Waals surface area contributed by atoms with Gasteiger partial charge < -0.3 is 37.2 Å². The van der Waals surface area contributed by atoms with E-state index in [1.165, 1.54) is 54.8 Å². The van der Waals surface area contributed by atoms with Gasteiger partial charge in [-0.2, -0.15) is 6.08 Å². The standard InChI is InChI=1S/C24H37Si.3ClH.Ti/c1-8-10-11-16-25(23-15-12-14-22(23)13-9-2)24-20(6)18(4)17(3)19(5)21(24)7;;;;/h14,25H,8-13,16H2,1-7H3;3*1H;/q-1;;;;+4/p-3. The van der Waals surface area contributed by atoms with E-state index in [0.29, 0.717) is 0 Å². The van der Waals surface area contributed by atoms with E-state index >= 15 is 0 Å². The van der Waals surface area contributed by atoms with Gasteiger partial charge in [0, 0.05) is 0 Å². The van der Waals surface area contributed by atoms with Crippen molar-refractivity contribution in [3.63, 3.8) is 0 Å². The molecule has 1 aliphatic rings. The zero-order chi connectivity index (χ0) is 18.6. The molecule has 5 heteroatoms. The topological polar surface area (TPSA) is 0 Å². The Morgan fingerprint density at radius 2 is 1.31 bits per heavy atom. The summed E-state index contributed by atoms with van der Waals surface area (Å²) in [5.74, 6) is 0. The molecule has 0 nitrogen and oxygen atoms in total. The second-order valence-corrected chi connectivity index (χ2v) is 10.7. The first-order chi connectivity index (χ1) is 11.9. The minimum absolute atomic E-state index is 0. The van der Waals surface area contributed by atoms with Gasteiger partial charge >= 0.3 is 21.7 Å². The van der Waals surface area contributed by atoms with Gasteiger partial charge in [0.1, 0.15) is 0 Å². The average molecular weight is 508 g/mol. The Kier molecular flexibility index (Phi) is 19.0. The number of hydrogen-bond donors (Lipinski definition) is 0. The van der Waals surface area contributed by atoms with E-state index in [4.69, 9.17) is 0 Å². The third-order valence-corrected chi connectivity index (χ3v) is 10.2. The Balaban J connectivity index is -0.00000169. The monoisotopic (exact) mass is 506 g/mol. The van der Waals surface area contributed by atoms with Gasteiger partial charge in [0.2, 0.25) is 0 Å². The summed E-state index contributed by atoms with van der Waals surface area (Å²) in [4.78, 5) is 0. The fraction of sp³-hybridized carbons (Fsp3) is 0.583. The summed E-state index contributed by atoms with van der Waals surface area (Å²) < 4.78 is 0. The van der Waals surface area contributed by atoms with Crippen LogP contribution in [0.15, 0.2) is 16.8 Å². The summed E-state index contributed by atoms with van der Waals surface area (Å²) in [6.45, 7) is 16.3. The second-order valence-electron chi connectivity index (χ2n) is 7.86. The zero-order valence-electron chi connectivity index (χ0n) is 19.2. The van der Waals surface area contributed by atoms with Crippen LogP contribution in [0.25, 0.3) is 0 Å². The molecule has 162 valence electrons. The van der Waals surface area contributed by atoms with Gasteiger partial charge in [0.25, 0.3) is 0 Å². The van der Waals surface area contributed by atoms with Crippen molar-refractivity contribution >= 4 is 14.0 Å². The molecule has 1 atom stereocenters. The van der Waals surface area contributed by atoms with Crippen molar-refractivity contribution in [2.75, 3.05) is 0 Å². The smallest absolute Gasteiger partial charge is 1.00 e. The van der Waals surface area contributed by atoms with E-state index in [-0.39, 0.29) is 58.9 Å². The van der Waals surface area contributed by atoms with E-state index in [2.05, 4.69) is 60.6 Å². The predicted molar refractivity (Wildman–Crippen MR) is 116 cm³/mol. The molecule has 2 rings (SSSR count). The molecule has 1 aliphatic carbocycles. The molecule has 1 unspecified atom stereocenters. The van der Waals surface area contributed by atoms with Crippen LogP contribution in [0.5, 0.6) is 0 Å². The number of rotatable bonds is 8. The van der Waals surface area contributed by atoms with Crippen LogP contribution in [0.4, 0.5) is 0 Å². The number of halogens is 3. The van der Waals surface area contributed by atoms with Crippen LogP contribution >= 0.6 is 0 Å². The van der Waals surface area contributed by atoms with Crippen LogP contribution in [0.1, 0.15) is 80.2 Å². The first kappa shape index (κ1) is 34.1. The Morgan fingerprint density at radius 3 is 1.79 bits per heavy atom. The van der Waals surface area contributed by atoms with Crippen molar-refractivity contribution in [1.82, 2.24) is 0 Å². The first-order valence-electron chi connectivity index (χ1n) is 10.3. The number of hydrogen-bond acceptors (Lipinski definition) is 0. The van der Waals surface area contributed by atoms with E-state index in [9.17, 15) is 0 Å². The summed E-state index contributed by atoms with van der Waals surface area (Å²) >= 11 is 0. The predicted octanol–water partition coefficient (Wildman–Crippen LogP) is -2.74. The fourth-order valence-electron chi connectivity index (χ4n) is 4.44. The van der Waals surface area contributed by atoms with Crippen molar-refractivity contribution in [2.45, 2.75) is 93.0 Å². The molecule has 0 saturated carbocycles. The second kappa shape index (κ2) is 16.2. The molecule has 0 bridgehead atoms. The van der Waals surface area contributed by atoms with Crippen molar-refractivity contribution < 1.29 is 58.9 Å². The van der Waals surface area contributed by atoms with Gasteiger partial charge in [0.15, 0.2) is 0 Å². The summed E-state index contributed by atoms with van der Waals surface area (Å²) in [6.07, 6.45) is 13.9. The van der Waals surface area contributed by atoms with Gasteiger partial charge in [-0.1, -0.05) is 57.2 Å². The normalized spacial score (nSPS) is 13.2. The quantitative estimate of drug-likeness (QED) is 0.204. The van der Waals surface area contributed by atoms with E-state index in [1.54, 1.807) is 27.1 Å². The minimum Gasteiger partial charge on any atom is -1.00 e. The molecule has 0 spiro atoms. The van der Waals surface area contributed by atoms with Gasteiger partial charge in [0.05, 0.1) is 8.80 Å². The van der Waals surface area contributed by atoms with Crippen molar-refractivity contribution in [2.24, 2.45) is 0 Å².